The van der Waals surface area contributed by atoms with Crippen LogP contribution in [0.15, 0.2) is 9.98 Å². The molecule has 6 N–H and O–H groups in total. The monoisotopic (exact) mass is 544 g/mol. The summed E-state index contributed by atoms with van der Waals surface area (Å²) < 4.78 is 67.7. The van der Waals surface area contributed by atoms with E-state index in [2.05, 4.69) is 19.4 Å². The quantitative estimate of drug-likeness (QED) is 0.0675. The van der Waals surface area contributed by atoms with Crippen LogP contribution in [0, 0.1) is 0 Å². The van der Waals surface area contributed by atoms with Crippen LogP contribution in [0.1, 0.15) is 111 Å². The van der Waals surface area contributed by atoms with E-state index in [4.69, 9.17) is 0 Å². The highest BCUT2D eigenvalue weighted by Crippen LogP contribution is 2.16. The Kier molecular flexibility index (Phi) is 15.6. The number of nitrogens with zero attached hydrogens (tertiary/aromatic N) is 2. The van der Waals surface area contributed by atoms with Gasteiger partial charge in [0.05, 0.1) is 11.5 Å². The van der Waals surface area contributed by atoms with E-state index in [1.54, 1.807) is 0 Å². The molecule has 0 aliphatic heterocycles. The lowest BCUT2D eigenvalue weighted by Crippen LogP contribution is -2.51. The van der Waals surface area contributed by atoms with E-state index in [0.717, 1.165) is 51.4 Å². The predicted molar refractivity (Wildman–Crippen MR) is 150 cm³/mol. The highest BCUT2D eigenvalue weighted by molar-refractivity contribution is 8.09. The fourth-order valence-electron chi connectivity index (χ4n) is 3.50. The van der Waals surface area contributed by atoms with E-state index in [9.17, 15) is 26.6 Å². The van der Waals surface area contributed by atoms with E-state index >= 15 is 0 Å². The Hall–Kier alpha value is -0.920. The SMILES string of the molecule is CCN=C(CCCCCCCCCCCCCC(=NCC)NS(=O)(O)(O)CC)NS(=O)(O)(O)CC. The Morgan fingerprint density at radius 1 is 0.543 bits per heavy atom. The molecular weight excluding hydrogens is 492 g/mol. The highest BCUT2D eigenvalue weighted by Gasteiger charge is 2.28. The second kappa shape index (κ2) is 16.0. The molecule has 0 atom stereocenters. The number of unbranched alkanes of at least 4 members (excludes halogenated alkanes) is 10. The minimum absolute atomic E-state index is 0.277. The molecule has 0 heterocycles. The van der Waals surface area contributed by atoms with Crippen LogP contribution < -0.4 is 9.44 Å². The Bertz CT molecular complexity index is 725. The van der Waals surface area contributed by atoms with Gasteiger partial charge < -0.3 is 0 Å². The van der Waals surface area contributed by atoms with Crippen LogP contribution in [0.5, 0.6) is 0 Å². The zero-order valence-electron chi connectivity index (χ0n) is 22.3. The first-order valence-electron chi connectivity index (χ1n) is 13.2. The van der Waals surface area contributed by atoms with Gasteiger partial charge in [-0.15, -0.1) is 0 Å². The van der Waals surface area contributed by atoms with Gasteiger partial charge in [-0.05, 0) is 40.5 Å². The lowest BCUT2D eigenvalue weighted by molar-refractivity contribution is 0.382. The molecule has 10 nitrogen and oxygen atoms in total. The van der Waals surface area contributed by atoms with Crippen molar-refractivity contribution in [3.05, 3.63) is 0 Å². The molecule has 0 saturated carbocycles. The Morgan fingerprint density at radius 3 is 1.03 bits per heavy atom. The summed E-state index contributed by atoms with van der Waals surface area (Å²) in [5, 5.41) is 0. The summed E-state index contributed by atoms with van der Waals surface area (Å²) in [6, 6.07) is 0. The van der Waals surface area contributed by atoms with Gasteiger partial charge in [0.25, 0.3) is 0 Å². The fraction of sp³-hybridized carbons (Fsp3) is 0.913. The lowest BCUT2D eigenvalue weighted by Gasteiger charge is -2.31. The van der Waals surface area contributed by atoms with Crippen LogP contribution in [-0.2, 0) is 19.6 Å². The van der Waals surface area contributed by atoms with Crippen LogP contribution in [0.2, 0.25) is 0 Å². The smallest absolute Gasteiger partial charge is 0.157 e. The first kappa shape index (κ1) is 34.1. The summed E-state index contributed by atoms with van der Waals surface area (Å²) in [7, 11) is -9.58. The molecule has 0 unspecified atom stereocenters. The van der Waals surface area contributed by atoms with Crippen molar-refractivity contribution in [1.29, 1.82) is 0 Å². The van der Waals surface area contributed by atoms with Gasteiger partial charge >= 0.3 is 0 Å². The average molecular weight is 545 g/mol. The van der Waals surface area contributed by atoms with Gasteiger partial charge in [-0.3, -0.25) is 37.6 Å². The van der Waals surface area contributed by atoms with Crippen molar-refractivity contribution in [2.24, 2.45) is 9.98 Å². The van der Waals surface area contributed by atoms with Gasteiger partial charge in [0, 0.05) is 25.9 Å². The Balaban J connectivity index is 3.87. The van der Waals surface area contributed by atoms with E-state index in [0.29, 0.717) is 37.6 Å². The van der Waals surface area contributed by atoms with Crippen molar-refractivity contribution >= 4 is 31.3 Å². The lowest BCUT2D eigenvalue weighted by atomic mass is 10.0. The van der Waals surface area contributed by atoms with Gasteiger partial charge in [0.1, 0.15) is 11.7 Å². The van der Waals surface area contributed by atoms with E-state index in [1.165, 1.54) is 33.1 Å². The maximum Gasteiger partial charge on any atom is 0.157 e. The second-order valence-electron chi connectivity index (χ2n) is 9.05. The van der Waals surface area contributed by atoms with Crippen LogP contribution in [0.3, 0.4) is 0 Å². The van der Waals surface area contributed by atoms with Crippen LogP contribution in [0.25, 0.3) is 0 Å². The maximum absolute atomic E-state index is 12.0. The zero-order valence-corrected chi connectivity index (χ0v) is 24.0. The van der Waals surface area contributed by atoms with E-state index in [-0.39, 0.29) is 11.5 Å². The van der Waals surface area contributed by atoms with Crippen molar-refractivity contribution in [2.45, 2.75) is 111 Å². The Labute approximate surface area is 213 Å². The molecule has 0 spiro atoms. The second-order valence-corrected chi connectivity index (χ2v) is 14.7. The number of rotatable bonds is 20. The van der Waals surface area contributed by atoms with Gasteiger partial charge in [0.15, 0.2) is 19.6 Å². The van der Waals surface area contributed by atoms with E-state index in [1.807, 2.05) is 13.8 Å². The topological polar surface area (TPSA) is 164 Å². The Morgan fingerprint density at radius 2 is 0.800 bits per heavy atom. The molecule has 0 bridgehead atoms. The predicted octanol–water partition coefficient (Wildman–Crippen LogP) is 5.48. The third kappa shape index (κ3) is 18.9. The first-order valence-corrected chi connectivity index (χ1v) is 17.3. The summed E-state index contributed by atoms with van der Waals surface area (Å²) in [6.07, 6.45) is 12.9. The van der Waals surface area contributed by atoms with Crippen molar-refractivity contribution in [3.8, 4) is 0 Å². The number of nitrogens with one attached hydrogen (secondary N) is 2. The summed E-state index contributed by atoms with van der Waals surface area (Å²) >= 11 is 0. The molecule has 35 heavy (non-hydrogen) atoms. The fourth-order valence-corrected chi connectivity index (χ4v) is 5.07. The molecule has 0 aromatic carbocycles. The number of hydrogen-bond donors (Lipinski definition) is 6. The molecule has 0 aliphatic carbocycles. The normalized spacial score (nSPS) is 15.8. The molecule has 0 aromatic heterocycles. The summed E-state index contributed by atoms with van der Waals surface area (Å²) in [6.45, 7) is 7.60. The largest absolute Gasteiger partial charge is 0.293 e. The molecular formula is C23H52N4O6S2. The van der Waals surface area contributed by atoms with Crippen molar-refractivity contribution < 1.29 is 26.6 Å². The third-order valence-corrected chi connectivity index (χ3v) is 9.09. The molecule has 212 valence electrons. The minimum atomic E-state index is -4.79. The van der Waals surface area contributed by atoms with Crippen LogP contribution in [0.4, 0.5) is 0 Å². The number of hydrogen-bond acceptors (Lipinski definition) is 4. The van der Waals surface area contributed by atoms with Crippen molar-refractivity contribution in [1.82, 2.24) is 9.44 Å². The van der Waals surface area contributed by atoms with E-state index < -0.39 is 19.6 Å². The summed E-state index contributed by atoms with van der Waals surface area (Å²) in [4.78, 5) is 8.40. The average Bonchev–Trinajstić information content (AvgIpc) is 2.76. The summed E-state index contributed by atoms with van der Waals surface area (Å²) in [5.41, 5.74) is 0. The van der Waals surface area contributed by atoms with Crippen LogP contribution in [-0.4, -0.2) is 62.9 Å². The molecule has 0 aromatic rings. The third-order valence-electron chi connectivity index (χ3n) is 5.71. The van der Waals surface area contributed by atoms with Gasteiger partial charge in [-0.1, -0.05) is 57.8 Å². The van der Waals surface area contributed by atoms with Gasteiger partial charge in [-0.25, -0.2) is 8.42 Å². The van der Waals surface area contributed by atoms with Gasteiger partial charge in [-0.2, -0.15) is 0 Å². The first-order chi connectivity index (χ1) is 16.2. The van der Waals surface area contributed by atoms with Crippen molar-refractivity contribution in [2.75, 3.05) is 24.6 Å². The molecule has 0 radical (unpaired) electrons. The minimum Gasteiger partial charge on any atom is -0.293 e. The molecule has 12 heteroatoms. The molecule has 0 rings (SSSR count). The number of amidine groups is 2. The molecule has 0 aliphatic rings. The van der Waals surface area contributed by atoms with Gasteiger partial charge in [0.2, 0.25) is 0 Å². The van der Waals surface area contributed by atoms with Crippen molar-refractivity contribution in [3.63, 3.8) is 0 Å². The molecule has 0 fully saturated rings. The number of aliphatic imine (C=N–C) groups is 2. The maximum atomic E-state index is 12.0. The summed E-state index contributed by atoms with van der Waals surface area (Å²) in [5.74, 6) is 0.237. The molecule has 0 saturated heterocycles. The highest BCUT2D eigenvalue weighted by atomic mass is 32.3. The standard InChI is InChI=1S/C23H52N4O6S2/c1-5-24-22(26-34(28,29,30)7-3)20-18-16-14-12-10-9-11-13-15-17-19-21-23(25-6-2)27-35(31,32,33)8-4/h5-21H2,1-4H3,(H3,24,26,28,29,30)(H3,25,27,31,32,33). The molecule has 0 amide bonds. The van der Waals surface area contributed by atoms with Crippen LogP contribution >= 0.6 is 0 Å². The zero-order chi connectivity index (χ0) is 26.9.